The molecule has 8 heteroatoms. The van der Waals surface area contributed by atoms with Crippen LogP contribution in [0.2, 0.25) is 0 Å². The van der Waals surface area contributed by atoms with Crippen molar-refractivity contribution in [3.05, 3.63) is 29.3 Å². The summed E-state index contributed by atoms with van der Waals surface area (Å²) in [4.78, 5) is 23.7. The largest absolute Gasteiger partial charge is 0.481 e. The van der Waals surface area contributed by atoms with Crippen LogP contribution in [-0.4, -0.2) is 48.8 Å². The second kappa shape index (κ2) is 8.18. The van der Waals surface area contributed by atoms with Crippen molar-refractivity contribution >= 4 is 21.9 Å². The van der Waals surface area contributed by atoms with Crippen LogP contribution in [0.25, 0.3) is 0 Å². The first-order valence-electron chi connectivity index (χ1n) is 8.85. The molecule has 0 aliphatic heterocycles. The van der Waals surface area contributed by atoms with Crippen LogP contribution in [-0.2, 0) is 14.8 Å². The zero-order chi connectivity index (χ0) is 19.5. The average molecular weight is 382 g/mol. The minimum Gasteiger partial charge on any atom is -0.481 e. The van der Waals surface area contributed by atoms with Gasteiger partial charge in [0.05, 0.1) is 10.8 Å². The number of carboxylic acid groups (broad SMARTS) is 1. The summed E-state index contributed by atoms with van der Waals surface area (Å²) < 4.78 is 26.9. The van der Waals surface area contributed by atoms with E-state index in [4.69, 9.17) is 5.11 Å². The Morgan fingerprint density at radius 3 is 2.42 bits per heavy atom. The zero-order valence-corrected chi connectivity index (χ0v) is 16.2. The maximum atomic E-state index is 12.8. The third kappa shape index (κ3) is 4.24. The first-order chi connectivity index (χ1) is 12.2. The van der Waals surface area contributed by atoms with E-state index in [2.05, 4.69) is 5.32 Å². The number of aryl methyl sites for hydroxylation is 1. The van der Waals surface area contributed by atoms with Gasteiger partial charge in [0.15, 0.2) is 0 Å². The summed E-state index contributed by atoms with van der Waals surface area (Å²) in [5.41, 5.74) is 0.848. The fourth-order valence-electron chi connectivity index (χ4n) is 3.33. The van der Waals surface area contributed by atoms with Gasteiger partial charge in [-0.1, -0.05) is 19.9 Å². The number of hydrogen-bond donors (Lipinski definition) is 2. The second-order valence-corrected chi connectivity index (χ2v) is 8.49. The number of amides is 1. The second-order valence-electron chi connectivity index (χ2n) is 6.59. The number of benzene rings is 1. The van der Waals surface area contributed by atoms with E-state index in [0.717, 1.165) is 0 Å². The number of aliphatic carboxylic acids is 1. The highest BCUT2D eigenvalue weighted by atomic mass is 32.2. The van der Waals surface area contributed by atoms with E-state index in [1.54, 1.807) is 32.9 Å². The summed E-state index contributed by atoms with van der Waals surface area (Å²) in [5.74, 6) is -1.65. The van der Waals surface area contributed by atoms with Crippen LogP contribution < -0.4 is 5.32 Å². The van der Waals surface area contributed by atoms with Crippen molar-refractivity contribution in [3.63, 3.8) is 0 Å². The quantitative estimate of drug-likeness (QED) is 0.751. The highest BCUT2D eigenvalue weighted by molar-refractivity contribution is 7.89. The van der Waals surface area contributed by atoms with Crippen LogP contribution in [0, 0.1) is 12.8 Å². The van der Waals surface area contributed by atoms with Crippen LogP contribution in [0.3, 0.4) is 0 Å². The van der Waals surface area contributed by atoms with Gasteiger partial charge in [0, 0.05) is 24.7 Å². The first kappa shape index (κ1) is 20.4. The number of rotatable bonds is 7. The molecule has 0 saturated heterocycles. The summed E-state index contributed by atoms with van der Waals surface area (Å²) in [6.07, 6.45) is 1.55. The SMILES string of the molecule is CCN(CC)S(=O)(=O)c1cc(C(=O)N[C@H]2CC[C@@H](C(=O)O)C2)ccc1C. The van der Waals surface area contributed by atoms with Crippen molar-refractivity contribution in [2.24, 2.45) is 5.92 Å². The molecule has 1 aromatic rings. The minimum absolute atomic E-state index is 0.128. The van der Waals surface area contributed by atoms with Crippen LogP contribution in [0.1, 0.15) is 49.0 Å². The normalized spacial score (nSPS) is 20.3. The lowest BCUT2D eigenvalue weighted by molar-refractivity contribution is -0.141. The molecule has 0 aromatic heterocycles. The van der Waals surface area contributed by atoms with Gasteiger partial charge in [0.1, 0.15) is 0 Å². The Kier molecular flexibility index (Phi) is 6.41. The van der Waals surface area contributed by atoms with Gasteiger partial charge in [-0.15, -0.1) is 0 Å². The van der Waals surface area contributed by atoms with Crippen molar-refractivity contribution in [1.82, 2.24) is 9.62 Å². The third-order valence-electron chi connectivity index (χ3n) is 4.89. The Hall–Kier alpha value is -1.93. The molecule has 0 spiro atoms. The minimum atomic E-state index is -3.66. The summed E-state index contributed by atoms with van der Waals surface area (Å²) in [6.45, 7) is 5.95. The molecule has 26 heavy (non-hydrogen) atoms. The highest BCUT2D eigenvalue weighted by Gasteiger charge is 2.31. The van der Waals surface area contributed by atoms with Crippen LogP contribution in [0.15, 0.2) is 23.1 Å². The fraction of sp³-hybridized carbons (Fsp3) is 0.556. The lowest BCUT2D eigenvalue weighted by atomic mass is 10.1. The molecule has 0 heterocycles. The number of carboxylic acids is 1. The Morgan fingerprint density at radius 2 is 1.88 bits per heavy atom. The smallest absolute Gasteiger partial charge is 0.306 e. The number of hydrogen-bond acceptors (Lipinski definition) is 4. The number of sulfonamides is 1. The molecule has 2 N–H and O–H groups in total. The van der Waals surface area contributed by atoms with Gasteiger partial charge < -0.3 is 10.4 Å². The maximum absolute atomic E-state index is 12.8. The van der Waals surface area contributed by atoms with E-state index < -0.39 is 21.9 Å². The molecule has 1 amide bonds. The molecule has 1 aliphatic carbocycles. The van der Waals surface area contributed by atoms with E-state index in [1.165, 1.54) is 10.4 Å². The third-order valence-corrected chi connectivity index (χ3v) is 7.08. The molecular weight excluding hydrogens is 356 g/mol. The molecule has 2 atom stereocenters. The van der Waals surface area contributed by atoms with Crippen molar-refractivity contribution in [2.45, 2.75) is 51.0 Å². The van der Waals surface area contributed by atoms with Gasteiger partial charge >= 0.3 is 5.97 Å². The Labute approximate surface area is 154 Å². The van der Waals surface area contributed by atoms with E-state index in [0.29, 0.717) is 37.9 Å². The number of nitrogens with one attached hydrogen (secondary N) is 1. The van der Waals surface area contributed by atoms with Crippen molar-refractivity contribution in [3.8, 4) is 0 Å². The van der Waals surface area contributed by atoms with Gasteiger partial charge in [-0.3, -0.25) is 9.59 Å². The van der Waals surface area contributed by atoms with Crippen LogP contribution >= 0.6 is 0 Å². The van der Waals surface area contributed by atoms with E-state index in [-0.39, 0.29) is 22.4 Å². The molecular formula is C18H26N2O5S. The molecule has 144 valence electrons. The maximum Gasteiger partial charge on any atom is 0.306 e. The lowest BCUT2D eigenvalue weighted by Gasteiger charge is -2.20. The van der Waals surface area contributed by atoms with Gasteiger partial charge in [-0.2, -0.15) is 4.31 Å². The first-order valence-corrected chi connectivity index (χ1v) is 10.3. The molecule has 1 aliphatic rings. The molecule has 0 bridgehead atoms. The summed E-state index contributed by atoms with van der Waals surface area (Å²) in [6, 6.07) is 4.42. The van der Waals surface area contributed by atoms with Crippen LogP contribution in [0.4, 0.5) is 0 Å². The zero-order valence-electron chi connectivity index (χ0n) is 15.4. The summed E-state index contributed by atoms with van der Waals surface area (Å²) >= 11 is 0. The number of nitrogens with zero attached hydrogens (tertiary/aromatic N) is 1. The fourth-order valence-corrected chi connectivity index (χ4v) is 5.04. The van der Waals surface area contributed by atoms with E-state index in [1.807, 2.05) is 0 Å². The Balaban J connectivity index is 2.21. The standard InChI is InChI=1S/C18H26N2O5S/c1-4-20(5-2)26(24,25)16-11-13(7-6-12(16)3)17(21)19-15-9-8-14(10-15)18(22)23/h6-7,11,14-15H,4-5,8-10H2,1-3H3,(H,19,21)(H,22,23)/t14-,15+/m1/s1. The molecule has 1 aromatic carbocycles. The number of carbonyl (C=O) groups is 2. The van der Waals surface area contributed by atoms with Crippen molar-refractivity contribution in [1.29, 1.82) is 0 Å². The van der Waals surface area contributed by atoms with Crippen molar-refractivity contribution < 1.29 is 23.1 Å². The van der Waals surface area contributed by atoms with Gasteiger partial charge in [-0.05, 0) is 43.9 Å². The molecule has 0 unspecified atom stereocenters. The average Bonchev–Trinajstić information content (AvgIpc) is 3.04. The Morgan fingerprint density at radius 1 is 1.23 bits per heavy atom. The monoisotopic (exact) mass is 382 g/mol. The highest BCUT2D eigenvalue weighted by Crippen LogP contribution is 2.26. The number of carbonyl (C=O) groups excluding carboxylic acids is 1. The topological polar surface area (TPSA) is 104 Å². The van der Waals surface area contributed by atoms with Gasteiger partial charge in [0.25, 0.3) is 5.91 Å². The predicted molar refractivity (Wildman–Crippen MR) is 97.5 cm³/mol. The molecule has 0 radical (unpaired) electrons. The summed E-state index contributed by atoms with van der Waals surface area (Å²) in [5, 5.41) is 11.9. The molecule has 7 nitrogen and oxygen atoms in total. The molecule has 1 saturated carbocycles. The Bertz CT molecular complexity index is 787. The van der Waals surface area contributed by atoms with E-state index in [9.17, 15) is 18.0 Å². The molecule has 1 fully saturated rings. The lowest BCUT2D eigenvalue weighted by Crippen LogP contribution is -2.34. The predicted octanol–water partition coefficient (Wildman–Crippen LogP) is 2.01. The summed E-state index contributed by atoms with van der Waals surface area (Å²) in [7, 11) is -3.66. The van der Waals surface area contributed by atoms with Crippen LogP contribution in [0.5, 0.6) is 0 Å². The molecule has 2 rings (SSSR count). The van der Waals surface area contributed by atoms with Crippen molar-refractivity contribution in [2.75, 3.05) is 13.1 Å². The van der Waals surface area contributed by atoms with Gasteiger partial charge in [0.2, 0.25) is 10.0 Å². The van der Waals surface area contributed by atoms with Gasteiger partial charge in [-0.25, -0.2) is 8.42 Å². The van der Waals surface area contributed by atoms with E-state index >= 15 is 0 Å².